The van der Waals surface area contributed by atoms with E-state index in [0.717, 1.165) is 11.0 Å². The molecule has 124 valence electrons. The second kappa shape index (κ2) is 7.80. The average molecular weight is 366 g/mol. The van der Waals surface area contributed by atoms with E-state index in [1.54, 1.807) is 18.2 Å². The van der Waals surface area contributed by atoms with Crippen LogP contribution in [0.4, 0.5) is 5.69 Å². The van der Waals surface area contributed by atoms with Crippen molar-refractivity contribution in [2.75, 3.05) is 6.26 Å². The molecule has 0 aromatic heterocycles. The molecule has 0 spiro atoms. The van der Waals surface area contributed by atoms with Gasteiger partial charge in [0, 0.05) is 22.6 Å². The van der Waals surface area contributed by atoms with Gasteiger partial charge in [-0.15, -0.1) is 11.8 Å². The van der Waals surface area contributed by atoms with Gasteiger partial charge in [-0.2, -0.15) is 0 Å². The molecule has 0 aliphatic heterocycles. The lowest BCUT2D eigenvalue weighted by molar-refractivity contribution is -0.384. The molecule has 0 atom stereocenters. The molecule has 2 aromatic carbocycles. The minimum absolute atomic E-state index is 0.0495. The molecule has 0 saturated heterocycles. The Labute approximate surface area is 146 Å². The lowest BCUT2D eigenvalue weighted by Gasteiger charge is -2.09. The number of nitrogens with one attached hydrogen (secondary N) is 2. The van der Waals surface area contributed by atoms with Crippen molar-refractivity contribution in [3.8, 4) is 0 Å². The highest BCUT2D eigenvalue weighted by atomic mass is 35.5. The number of carbonyl (C=O) groups excluding carboxylic acids is 2. The van der Waals surface area contributed by atoms with Crippen molar-refractivity contribution < 1.29 is 14.5 Å². The summed E-state index contributed by atoms with van der Waals surface area (Å²) in [6.07, 6.45) is 1.86. The summed E-state index contributed by atoms with van der Waals surface area (Å²) in [5.74, 6) is -1.26. The fourth-order valence-electron chi connectivity index (χ4n) is 1.82. The monoisotopic (exact) mass is 365 g/mol. The molecule has 0 saturated carbocycles. The second-order valence-corrected chi connectivity index (χ2v) is 5.85. The molecule has 0 bridgehead atoms. The number of nitro benzene ring substituents is 1. The van der Waals surface area contributed by atoms with Gasteiger partial charge in [0.15, 0.2) is 0 Å². The van der Waals surface area contributed by atoms with Crippen LogP contribution in [0, 0.1) is 10.1 Å². The molecule has 2 aromatic rings. The molecule has 0 unspecified atom stereocenters. The van der Waals surface area contributed by atoms with Gasteiger partial charge in [-0.25, -0.2) is 0 Å². The number of nitro groups is 1. The van der Waals surface area contributed by atoms with Gasteiger partial charge in [-0.3, -0.25) is 30.6 Å². The zero-order valence-electron chi connectivity index (χ0n) is 12.4. The van der Waals surface area contributed by atoms with E-state index >= 15 is 0 Å². The number of hydrazine groups is 1. The molecule has 9 heteroatoms. The Morgan fingerprint density at radius 2 is 1.83 bits per heavy atom. The maximum absolute atomic E-state index is 12.1. The predicted molar refractivity (Wildman–Crippen MR) is 91.3 cm³/mol. The van der Waals surface area contributed by atoms with E-state index in [0.29, 0.717) is 0 Å². The Balaban J connectivity index is 2.07. The van der Waals surface area contributed by atoms with Crippen molar-refractivity contribution in [2.45, 2.75) is 4.90 Å². The first-order valence-electron chi connectivity index (χ1n) is 6.61. The van der Waals surface area contributed by atoms with Gasteiger partial charge in [0.25, 0.3) is 17.5 Å². The number of halogens is 1. The standard InChI is InChI=1S/C15H12ClN3O4S/c1-24-11-5-6-13(16)12(8-11)15(21)18-17-14(20)9-3-2-4-10(7-9)19(22)23/h2-8H,1H3,(H,17,20)(H,18,21). The molecule has 2 rings (SSSR count). The number of thioether (sulfide) groups is 1. The maximum Gasteiger partial charge on any atom is 0.271 e. The van der Waals surface area contributed by atoms with Crippen LogP contribution in [0.2, 0.25) is 5.02 Å². The van der Waals surface area contributed by atoms with Crippen LogP contribution in [0.15, 0.2) is 47.4 Å². The minimum atomic E-state index is -0.677. The Morgan fingerprint density at radius 3 is 2.50 bits per heavy atom. The van der Waals surface area contributed by atoms with E-state index in [1.165, 1.54) is 30.0 Å². The highest BCUT2D eigenvalue weighted by molar-refractivity contribution is 7.98. The molecule has 0 aliphatic rings. The Morgan fingerprint density at radius 1 is 1.12 bits per heavy atom. The van der Waals surface area contributed by atoms with E-state index in [1.807, 2.05) is 6.26 Å². The third-order valence-corrected chi connectivity index (χ3v) is 4.08. The van der Waals surface area contributed by atoms with Crippen molar-refractivity contribution in [1.82, 2.24) is 10.9 Å². The first-order chi connectivity index (χ1) is 11.4. The van der Waals surface area contributed by atoms with Gasteiger partial charge in [0.2, 0.25) is 0 Å². The van der Waals surface area contributed by atoms with Gasteiger partial charge < -0.3 is 0 Å². The SMILES string of the molecule is CSc1ccc(Cl)c(C(=O)NNC(=O)c2cccc([N+](=O)[O-])c2)c1. The fraction of sp³-hybridized carbons (Fsp3) is 0.0667. The van der Waals surface area contributed by atoms with Crippen LogP contribution in [0.25, 0.3) is 0 Å². The van der Waals surface area contributed by atoms with Crippen LogP contribution in [-0.2, 0) is 0 Å². The van der Waals surface area contributed by atoms with E-state index in [-0.39, 0.29) is 21.8 Å². The first kappa shape index (κ1) is 17.8. The van der Waals surface area contributed by atoms with Crippen LogP contribution in [0.3, 0.4) is 0 Å². The third-order valence-electron chi connectivity index (χ3n) is 3.03. The van der Waals surface area contributed by atoms with Crippen LogP contribution < -0.4 is 10.9 Å². The van der Waals surface area contributed by atoms with Crippen LogP contribution >= 0.6 is 23.4 Å². The van der Waals surface area contributed by atoms with E-state index in [2.05, 4.69) is 10.9 Å². The highest BCUT2D eigenvalue weighted by Gasteiger charge is 2.14. The molecule has 2 amide bonds. The number of hydrogen-bond donors (Lipinski definition) is 2. The largest absolute Gasteiger partial charge is 0.271 e. The van der Waals surface area contributed by atoms with Crippen molar-refractivity contribution in [2.24, 2.45) is 0 Å². The number of amides is 2. The number of hydrogen-bond acceptors (Lipinski definition) is 5. The molecule has 0 aliphatic carbocycles. The van der Waals surface area contributed by atoms with Crippen molar-refractivity contribution in [3.63, 3.8) is 0 Å². The third kappa shape index (κ3) is 4.24. The molecular weight excluding hydrogens is 354 g/mol. The van der Waals surface area contributed by atoms with Gasteiger partial charge >= 0.3 is 0 Å². The number of carbonyl (C=O) groups is 2. The van der Waals surface area contributed by atoms with Crippen LogP contribution in [0.5, 0.6) is 0 Å². The molecular formula is C15H12ClN3O4S. The number of nitrogens with zero attached hydrogens (tertiary/aromatic N) is 1. The first-order valence-corrected chi connectivity index (χ1v) is 8.21. The van der Waals surface area contributed by atoms with Gasteiger partial charge in [0.1, 0.15) is 0 Å². The Bertz CT molecular complexity index is 813. The van der Waals surface area contributed by atoms with Crippen molar-refractivity contribution in [1.29, 1.82) is 0 Å². The van der Waals surface area contributed by atoms with E-state index < -0.39 is 16.7 Å². The van der Waals surface area contributed by atoms with Gasteiger partial charge in [-0.05, 0) is 30.5 Å². The normalized spacial score (nSPS) is 10.1. The lowest BCUT2D eigenvalue weighted by atomic mass is 10.2. The van der Waals surface area contributed by atoms with Gasteiger partial charge in [0.05, 0.1) is 15.5 Å². The number of benzene rings is 2. The quantitative estimate of drug-likeness (QED) is 0.492. The summed E-state index contributed by atoms with van der Waals surface area (Å²) in [6, 6.07) is 10.1. The molecule has 7 nitrogen and oxygen atoms in total. The molecule has 0 heterocycles. The van der Waals surface area contributed by atoms with Crippen molar-refractivity contribution >= 4 is 40.9 Å². The van der Waals surface area contributed by atoms with E-state index in [9.17, 15) is 19.7 Å². The molecule has 0 fully saturated rings. The zero-order chi connectivity index (χ0) is 17.7. The maximum atomic E-state index is 12.1. The average Bonchev–Trinajstić information content (AvgIpc) is 2.59. The molecule has 0 radical (unpaired) electrons. The lowest BCUT2D eigenvalue weighted by Crippen LogP contribution is -2.41. The topological polar surface area (TPSA) is 101 Å². The van der Waals surface area contributed by atoms with Crippen LogP contribution in [-0.4, -0.2) is 23.0 Å². The van der Waals surface area contributed by atoms with Crippen molar-refractivity contribution in [3.05, 3.63) is 68.7 Å². The Kier molecular flexibility index (Phi) is 5.78. The summed E-state index contributed by atoms with van der Waals surface area (Å²) < 4.78 is 0. The smallest absolute Gasteiger partial charge is 0.267 e. The summed E-state index contributed by atoms with van der Waals surface area (Å²) in [4.78, 5) is 35.0. The molecule has 24 heavy (non-hydrogen) atoms. The number of rotatable bonds is 4. The predicted octanol–water partition coefficient (Wildman–Crippen LogP) is 3.04. The summed E-state index contributed by atoms with van der Waals surface area (Å²) in [5, 5.41) is 11.0. The van der Waals surface area contributed by atoms with E-state index in [4.69, 9.17) is 11.6 Å². The summed E-state index contributed by atoms with van der Waals surface area (Å²) in [7, 11) is 0. The highest BCUT2D eigenvalue weighted by Crippen LogP contribution is 2.22. The second-order valence-electron chi connectivity index (χ2n) is 4.56. The summed E-state index contributed by atoms with van der Waals surface area (Å²) in [5.41, 5.74) is 4.48. The fourth-order valence-corrected chi connectivity index (χ4v) is 2.46. The minimum Gasteiger partial charge on any atom is -0.267 e. The molecule has 2 N–H and O–H groups in total. The zero-order valence-corrected chi connectivity index (χ0v) is 14.0. The summed E-state index contributed by atoms with van der Waals surface area (Å²) >= 11 is 7.42. The van der Waals surface area contributed by atoms with Gasteiger partial charge in [-0.1, -0.05) is 17.7 Å². The Hall–Kier alpha value is -2.58. The number of non-ortho nitro benzene ring substituents is 1. The van der Waals surface area contributed by atoms with Crippen LogP contribution in [0.1, 0.15) is 20.7 Å². The summed E-state index contributed by atoms with van der Waals surface area (Å²) in [6.45, 7) is 0.